The molecule has 0 aromatic heterocycles. The normalized spacial score (nSPS) is 18.2. The molecule has 0 heterocycles. The van der Waals surface area contributed by atoms with E-state index in [1.54, 1.807) is 19.1 Å². The van der Waals surface area contributed by atoms with Crippen molar-refractivity contribution in [2.45, 2.75) is 51.2 Å². The van der Waals surface area contributed by atoms with Crippen molar-refractivity contribution in [1.82, 2.24) is 5.32 Å². The summed E-state index contributed by atoms with van der Waals surface area (Å²) in [5.41, 5.74) is 1.40. The summed E-state index contributed by atoms with van der Waals surface area (Å²) < 4.78 is 13.1. The Morgan fingerprint density at radius 1 is 1.39 bits per heavy atom. The highest BCUT2D eigenvalue weighted by atomic mass is 19.1. The smallest absolute Gasteiger partial charge is 0.126 e. The number of aliphatic hydroxyl groups excluding tert-OH is 1. The van der Waals surface area contributed by atoms with Crippen LogP contribution in [0, 0.1) is 12.7 Å². The van der Waals surface area contributed by atoms with Crippen LogP contribution in [0.4, 0.5) is 4.39 Å². The van der Waals surface area contributed by atoms with Crippen LogP contribution in [0.15, 0.2) is 18.2 Å². The van der Waals surface area contributed by atoms with Gasteiger partial charge in [0.2, 0.25) is 0 Å². The quantitative estimate of drug-likeness (QED) is 0.843. The van der Waals surface area contributed by atoms with Crippen LogP contribution in [0.1, 0.15) is 49.3 Å². The maximum atomic E-state index is 13.1. The zero-order chi connectivity index (χ0) is 13.0. The van der Waals surface area contributed by atoms with Gasteiger partial charge < -0.3 is 10.4 Å². The van der Waals surface area contributed by atoms with Gasteiger partial charge in [0.25, 0.3) is 0 Å². The summed E-state index contributed by atoms with van der Waals surface area (Å²) in [7, 11) is 0. The highest BCUT2D eigenvalue weighted by molar-refractivity contribution is 5.25. The first kappa shape index (κ1) is 13.5. The number of aliphatic hydroxyl groups is 1. The Morgan fingerprint density at radius 2 is 2.11 bits per heavy atom. The Balaban J connectivity index is 1.79. The highest BCUT2D eigenvalue weighted by Gasteiger charge is 2.15. The van der Waals surface area contributed by atoms with Gasteiger partial charge in [-0.25, -0.2) is 4.39 Å². The van der Waals surface area contributed by atoms with E-state index in [4.69, 9.17) is 0 Å². The molecule has 0 bridgehead atoms. The van der Waals surface area contributed by atoms with Crippen molar-refractivity contribution in [3.05, 3.63) is 35.1 Å². The Kier molecular flexibility index (Phi) is 4.72. The van der Waals surface area contributed by atoms with E-state index in [1.165, 1.54) is 31.7 Å². The first-order valence-electron chi connectivity index (χ1n) is 6.84. The molecule has 2 rings (SSSR count). The SMILES string of the molecule is Cc1cc(C(O)CCNC2CCCC2)ccc1F. The van der Waals surface area contributed by atoms with E-state index >= 15 is 0 Å². The van der Waals surface area contributed by atoms with Crippen molar-refractivity contribution in [1.29, 1.82) is 0 Å². The van der Waals surface area contributed by atoms with Gasteiger partial charge in [-0.05, 0) is 49.9 Å². The van der Waals surface area contributed by atoms with Crippen LogP contribution in [0.5, 0.6) is 0 Å². The van der Waals surface area contributed by atoms with E-state index in [0.29, 0.717) is 18.0 Å². The van der Waals surface area contributed by atoms with Gasteiger partial charge in [-0.2, -0.15) is 0 Å². The summed E-state index contributed by atoms with van der Waals surface area (Å²) in [4.78, 5) is 0. The van der Waals surface area contributed by atoms with Crippen LogP contribution in [0.25, 0.3) is 0 Å². The molecule has 1 aromatic carbocycles. The lowest BCUT2D eigenvalue weighted by atomic mass is 10.0. The molecule has 0 amide bonds. The summed E-state index contributed by atoms with van der Waals surface area (Å²) in [6, 6.07) is 5.46. The predicted octanol–water partition coefficient (Wildman–Crippen LogP) is 3.09. The molecule has 18 heavy (non-hydrogen) atoms. The molecule has 2 nitrogen and oxygen atoms in total. The number of benzene rings is 1. The highest BCUT2D eigenvalue weighted by Crippen LogP contribution is 2.20. The van der Waals surface area contributed by atoms with Crippen molar-refractivity contribution in [2.24, 2.45) is 0 Å². The maximum absolute atomic E-state index is 13.1. The molecule has 1 unspecified atom stereocenters. The molecular formula is C15H22FNO. The molecule has 0 aliphatic heterocycles. The summed E-state index contributed by atoms with van der Waals surface area (Å²) in [5.74, 6) is -0.213. The molecule has 3 heteroatoms. The van der Waals surface area contributed by atoms with E-state index in [-0.39, 0.29) is 5.82 Å². The van der Waals surface area contributed by atoms with E-state index in [0.717, 1.165) is 12.1 Å². The molecule has 1 fully saturated rings. The van der Waals surface area contributed by atoms with Crippen LogP contribution in [0.3, 0.4) is 0 Å². The number of aryl methyl sites for hydroxylation is 1. The van der Waals surface area contributed by atoms with Gasteiger partial charge in [0, 0.05) is 6.04 Å². The molecule has 1 aliphatic rings. The van der Waals surface area contributed by atoms with Crippen molar-refractivity contribution in [2.75, 3.05) is 6.54 Å². The first-order valence-corrected chi connectivity index (χ1v) is 6.84. The lowest BCUT2D eigenvalue weighted by Gasteiger charge is -2.15. The maximum Gasteiger partial charge on any atom is 0.126 e. The van der Waals surface area contributed by atoms with Crippen LogP contribution >= 0.6 is 0 Å². The van der Waals surface area contributed by atoms with Gasteiger partial charge in [-0.1, -0.05) is 25.0 Å². The summed E-state index contributed by atoms with van der Waals surface area (Å²) >= 11 is 0. The zero-order valence-electron chi connectivity index (χ0n) is 11.0. The predicted molar refractivity (Wildman–Crippen MR) is 71.0 cm³/mol. The Labute approximate surface area is 108 Å². The second-order valence-corrected chi connectivity index (χ2v) is 5.25. The van der Waals surface area contributed by atoms with E-state index in [2.05, 4.69) is 5.32 Å². The minimum Gasteiger partial charge on any atom is -0.388 e. The fourth-order valence-corrected chi connectivity index (χ4v) is 2.60. The summed E-state index contributed by atoms with van der Waals surface area (Å²) in [6.45, 7) is 2.55. The summed E-state index contributed by atoms with van der Waals surface area (Å²) in [5, 5.41) is 13.5. The number of hydrogen-bond donors (Lipinski definition) is 2. The standard InChI is InChI=1S/C15H22FNO/c1-11-10-12(6-7-14(11)16)15(18)8-9-17-13-4-2-3-5-13/h6-7,10,13,15,17-18H,2-5,8-9H2,1H3. The molecule has 0 spiro atoms. The molecule has 2 N–H and O–H groups in total. The monoisotopic (exact) mass is 251 g/mol. The molecule has 100 valence electrons. The molecule has 1 aliphatic carbocycles. The number of nitrogens with one attached hydrogen (secondary N) is 1. The van der Waals surface area contributed by atoms with Gasteiger partial charge in [0.15, 0.2) is 0 Å². The third-order valence-electron chi connectivity index (χ3n) is 3.77. The second-order valence-electron chi connectivity index (χ2n) is 5.25. The minimum atomic E-state index is -0.502. The van der Waals surface area contributed by atoms with Gasteiger partial charge >= 0.3 is 0 Å². The van der Waals surface area contributed by atoms with Crippen LogP contribution in [-0.4, -0.2) is 17.7 Å². The average molecular weight is 251 g/mol. The topological polar surface area (TPSA) is 32.3 Å². The number of rotatable bonds is 5. The van der Waals surface area contributed by atoms with Crippen LogP contribution < -0.4 is 5.32 Å². The Morgan fingerprint density at radius 3 is 2.78 bits per heavy atom. The van der Waals surface area contributed by atoms with Gasteiger partial charge in [-0.15, -0.1) is 0 Å². The van der Waals surface area contributed by atoms with E-state index in [9.17, 15) is 9.50 Å². The summed E-state index contributed by atoms with van der Waals surface area (Å²) in [6.07, 6.45) is 5.33. The zero-order valence-corrected chi connectivity index (χ0v) is 11.0. The number of hydrogen-bond acceptors (Lipinski definition) is 2. The molecule has 0 saturated heterocycles. The fourth-order valence-electron chi connectivity index (χ4n) is 2.60. The lowest BCUT2D eigenvalue weighted by molar-refractivity contribution is 0.165. The van der Waals surface area contributed by atoms with Crippen molar-refractivity contribution in [3.63, 3.8) is 0 Å². The van der Waals surface area contributed by atoms with Crippen LogP contribution in [-0.2, 0) is 0 Å². The second kappa shape index (κ2) is 6.30. The Bertz CT molecular complexity index is 388. The van der Waals surface area contributed by atoms with Crippen LogP contribution in [0.2, 0.25) is 0 Å². The van der Waals surface area contributed by atoms with E-state index < -0.39 is 6.10 Å². The molecule has 1 saturated carbocycles. The molecule has 1 aromatic rings. The van der Waals surface area contributed by atoms with E-state index in [1.807, 2.05) is 0 Å². The van der Waals surface area contributed by atoms with Gasteiger partial charge in [-0.3, -0.25) is 0 Å². The molecular weight excluding hydrogens is 229 g/mol. The average Bonchev–Trinajstić information content (AvgIpc) is 2.85. The Hall–Kier alpha value is -0.930. The third kappa shape index (κ3) is 3.53. The minimum absolute atomic E-state index is 0.213. The van der Waals surface area contributed by atoms with Crippen molar-refractivity contribution < 1.29 is 9.50 Å². The first-order chi connectivity index (χ1) is 8.66. The van der Waals surface area contributed by atoms with Gasteiger partial charge in [0.1, 0.15) is 5.82 Å². The molecule has 0 radical (unpaired) electrons. The van der Waals surface area contributed by atoms with Crippen molar-refractivity contribution >= 4 is 0 Å². The molecule has 1 atom stereocenters. The third-order valence-corrected chi connectivity index (χ3v) is 3.77. The fraction of sp³-hybridized carbons (Fsp3) is 0.600. The van der Waals surface area contributed by atoms with Gasteiger partial charge in [0.05, 0.1) is 6.10 Å². The lowest BCUT2D eigenvalue weighted by Crippen LogP contribution is -2.27. The van der Waals surface area contributed by atoms with Crippen molar-refractivity contribution in [3.8, 4) is 0 Å². The largest absolute Gasteiger partial charge is 0.388 e. The number of halogens is 1.